The molecule has 0 saturated heterocycles. The molecule has 3 rings (SSSR count). The highest BCUT2D eigenvalue weighted by Gasteiger charge is 2.19. The summed E-state index contributed by atoms with van der Waals surface area (Å²) < 4.78 is 13.0. The summed E-state index contributed by atoms with van der Waals surface area (Å²) in [7, 11) is 0. The number of halogens is 1. The zero-order chi connectivity index (χ0) is 18.7. The SMILES string of the molecule is Cc1ccc(Nc2n[nH]nc2C(=O)N[C@@H](C)c2ccc(F)cc2)cc1C. The molecule has 26 heavy (non-hydrogen) atoms. The van der Waals surface area contributed by atoms with Crippen molar-refractivity contribution in [1.29, 1.82) is 0 Å². The Kier molecular flexibility index (Phi) is 4.97. The summed E-state index contributed by atoms with van der Waals surface area (Å²) in [6.07, 6.45) is 0. The maximum Gasteiger partial charge on any atom is 0.276 e. The molecule has 0 spiro atoms. The highest BCUT2D eigenvalue weighted by atomic mass is 19.1. The number of benzene rings is 2. The van der Waals surface area contributed by atoms with Gasteiger partial charge in [-0.2, -0.15) is 5.21 Å². The maximum atomic E-state index is 13.0. The minimum absolute atomic E-state index is 0.164. The molecular formula is C19H20FN5O. The number of aromatic amines is 1. The molecule has 2 aromatic carbocycles. The van der Waals surface area contributed by atoms with Crippen LogP contribution in [0.4, 0.5) is 15.9 Å². The monoisotopic (exact) mass is 353 g/mol. The lowest BCUT2D eigenvalue weighted by Crippen LogP contribution is -2.27. The van der Waals surface area contributed by atoms with Crippen LogP contribution in [0.1, 0.15) is 40.1 Å². The Morgan fingerprint density at radius 2 is 1.81 bits per heavy atom. The van der Waals surface area contributed by atoms with Crippen molar-refractivity contribution in [2.45, 2.75) is 26.8 Å². The van der Waals surface area contributed by atoms with Crippen molar-refractivity contribution in [2.24, 2.45) is 0 Å². The van der Waals surface area contributed by atoms with E-state index < -0.39 is 0 Å². The zero-order valence-electron chi connectivity index (χ0n) is 14.8. The van der Waals surface area contributed by atoms with E-state index in [1.165, 1.54) is 17.7 Å². The molecule has 3 aromatic rings. The fraction of sp³-hybridized carbons (Fsp3) is 0.211. The molecular weight excluding hydrogens is 333 g/mol. The number of amides is 1. The van der Waals surface area contributed by atoms with Gasteiger partial charge in [0.1, 0.15) is 5.82 Å². The number of H-pyrrole nitrogens is 1. The van der Waals surface area contributed by atoms with Crippen LogP contribution < -0.4 is 10.6 Å². The van der Waals surface area contributed by atoms with E-state index >= 15 is 0 Å². The predicted molar refractivity (Wildman–Crippen MR) is 97.9 cm³/mol. The normalized spacial score (nSPS) is 11.8. The van der Waals surface area contributed by atoms with Gasteiger partial charge in [-0.05, 0) is 61.7 Å². The van der Waals surface area contributed by atoms with E-state index in [-0.39, 0.29) is 23.5 Å². The van der Waals surface area contributed by atoms with Gasteiger partial charge in [-0.3, -0.25) is 4.79 Å². The Balaban J connectivity index is 1.73. The highest BCUT2D eigenvalue weighted by Crippen LogP contribution is 2.21. The van der Waals surface area contributed by atoms with Crippen LogP contribution in [0.2, 0.25) is 0 Å². The Morgan fingerprint density at radius 1 is 1.08 bits per heavy atom. The summed E-state index contributed by atoms with van der Waals surface area (Å²) in [5.41, 5.74) is 4.10. The molecule has 134 valence electrons. The Morgan fingerprint density at radius 3 is 2.50 bits per heavy atom. The smallest absolute Gasteiger partial charge is 0.276 e. The number of carbonyl (C=O) groups excluding carboxylic acids is 1. The van der Waals surface area contributed by atoms with Crippen molar-refractivity contribution < 1.29 is 9.18 Å². The lowest BCUT2D eigenvalue weighted by Gasteiger charge is -2.14. The molecule has 1 aromatic heterocycles. The highest BCUT2D eigenvalue weighted by molar-refractivity contribution is 5.97. The van der Waals surface area contributed by atoms with Crippen LogP contribution >= 0.6 is 0 Å². The van der Waals surface area contributed by atoms with Gasteiger partial charge in [0.15, 0.2) is 11.5 Å². The van der Waals surface area contributed by atoms with E-state index in [9.17, 15) is 9.18 Å². The molecule has 0 aliphatic heterocycles. The summed E-state index contributed by atoms with van der Waals surface area (Å²) in [4.78, 5) is 12.5. The third-order valence-corrected chi connectivity index (χ3v) is 4.25. The lowest BCUT2D eigenvalue weighted by molar-refractivity contribution is 0.0935. The quantitative estimate of drug-likeness (QED) is 0.652. The standard InChI is InChI=1S/C19H20FN5O/c1-11-4-9-16(10-12(11)2)22-18-17(23-25-24-18)19(26)21-13(3)14-5-7-15(20)8-6-14/h4-10,13H,1-3H3,(H,21,26)(H2,22,23,24,25)/t13-/m0/s1. The number of nitrogens with zero attached hydrogens (tertiary/aromatic N) is 2. The molecule has 3 N–H and O–H groups in total. The Hall–Kier alpha value is -3.22. The topological polar surface area (TPSA) is 82.7 Å². The number of nitrogens with one attached hydrogen (secondary N) is 3. The largest absolute Gasteiger partial charge is 0.344 e. The van der Waals surface area contributed by atoms with E-state index in [1.54, 1.807) is 12.1 Å². The average Bonchev–Trinajstić information content (AvgIpc) is 3.07. The molecule has 1 amide bonds. The van der Waals surface area contributed by atoms with Gasteiger partial charge in [0.25, 0.3) is 5.91 Å². The van der Waals surface area contributed by atoms with Crippen molar-refractivity contribution in [3.63, 3.8) is 0 Å². The summed E-state index contributed by atoms with van der Waals surface area (Å²) in [5.74, 6) is -0.345. The summed E-state index contributed by atoms with van der Waals surface area (Å²) in [6, 6.07) is 11.6. The van der Waals surface area contributed by atoms with Crippen LogP contribution in [-0.2, 0) is 0 Å². The van der Waals surface area contributed by atoms with Gasteiger partial charge in [-0.15, -0.1) is 10.2 Å². The maximum absolute atomic E-state index is 13.0. The summed E-state index contributed by atoms with van der Waals surface area (Å²) >= 11 is 0. The second-order valence-corrected chi connectivity index (χ2v) is 6.19. The molecule has 0 fully saturated rings. The number of hydrogen-bond acceptors (Lipinski definition) is 4. The van der Waals surface area contributed by atoms with Crippen LogP contribution in [0.5, 0.6) is 0 Å². The van der Waals surface area contributed by atoms with E-state index in [4.69, 9.17) is 0 Å². The van der Waals surface area contributed by atoms with E-state index in [0.717, 1.165) is 16.8 Å². The van der Waals surface area contributed by atoms with Crippen LogP contribution in [0.3, 0.4) is 0 Å². The molecule has 6 nitrogen and oxygen atoms in total. The van der Waals surface area contributed by atoms with Gasteiger partial charge >= 0.3 is 0 Å². The first-order chi connectivity index (χ1) is 12.4. The minimum Gasteiger partial charge on any atom is -0.344 e. The second kappa shape index (κ2) is 7.35. The Bertz CT molecular complexity index is 920. The number of hydrogen-bond donors (Lipinski definition) is 3. The van der Waals surface area contributed by atoms with Crippen LogP contribution in [0, 0.1) is 19.7 Å². The number of rotatable bonds is 5. The first kappa shape index (κ1) is 17.6. The van der Waals surface area contributed by atoms with E-state index in [2.05, 4.69) is 26.0 Å². The number of carbonyl (C=O) groups is 1. The first-order valence-electron chi connectivity index (χ1n) is 8.25. The average molecular weight is 353 g/mol. The molecule has 0 bridgehead atoms. The van der Waals surface area contributed by atoms with Crippen molar-refractivity contribution >= 4 is 17.4 Å². The molecule has 0 aliphatic rings. The van der Waals surface area contributed by atoms with Crippen LogP contribution in [0.25, 0.3) is 0 Å². The van der Waals surface area contributed by atoms with Crippen molar-refractivity contribution in [3.8, 4) is 0 Å². The third-order valence-electron chi connectivity index (χ3n) is 4.25. The minimum atomic E-state index is -0.373. The fourth-order valence-corrected chi connectivity index (χ4v) is 2.53. The van der Waals surface area contributed by atoms with Gasteiger partial charge in [0.05, 0.1) is 6.04 Å². The number of anilines is 2. The summed E-state index contributed by atoms with van der Waals surface area (Å²) in [5, 5.41) is 16.4. The van der Waals surface area contributed by atoms with Gasteiger partial charge in [0.2, 0.25) is 0 Å². The molecule has 0 aliphatic carbocycles. The first-order valence-corrected chi connectivity index (χ1v) is 8.25. The van der Waals surface area contributed by atoms with Crippen molar-refractivity contribution in [3.05, 3.63) is 70.7 Å². The summed E-state index contributed by atoms with van der Waals surface area (Å²) in [6.45, 7) is 5.87. The number of aromatic nitrogens is 3. The van der Waals surface area contributed by atoms with Crippen molar-refractivity contribution in [2.75, 3.05) is 5.32 Å². The second-order valence-electron chi connectivity index (χ2n) is 6.19. The predicted octanol–water partition coefficient (Wildman–Crippen LogP) is 3.80. The fourth-order valence-electron chi connectivity index (χ4n) is 2.53. The van der Waals surface area contributed by atoms with Crippen LogP contribution in [0.15, 0.2) is 42.5 Å². The van der Waals surface area contributed by atoms with Gasteiger partial charge < -0.3 is 10.6 Å². The van der Waals surface area contributed by atoms with Gasteiger partial charge in [0, 0.05) is 5.69 Å². The molecule has 1 heterocycles. The van der Waals surface area contributed by atoms with Crippen molar-refractivity contribution in [1.82, 2.24) is 20.7 Å². The Labute approximate surface area is 150 Å². The third kappa shape index (κ3) is 3.88. The van der Waals surface area contributed by atoms with E-state index in [1.807, 2.05) is 39.0 Å². The molecule has 7 heteroatoms. The van der Waals surface area contributed by atoms with Gasteiger partial charge in [-0.1, -0.05) is 18.2 Å². The lowest BCUT2D eigenvalue weighted by atomic mass is 10.1. The molecule has 1 atom stereocenters. The molecule has 0 unspecified atom stereocenters. The number of aryl methyl sites for hydroxylation is 2. The molecule has 0 saturated carbocycles. The van der Waals surface area contributed by atoms with Crippen LogP contribution in [-0.4, -0.2) is 21.3 Å². The van der Waals surface area contributed by atoms with Gasteiger partial charge in [-0.25, -0.2) is 4.39 Å². The zero-order valence-corrected chi connectivity index (χ0v) is 14.8. The van der Waals surface area contributed by atoms with E-state index in [0.29, 0.717) is 5.82 Å². The molecule has 0 radical (unpaired) electrons.